The average molecular weight is 241 g/mol. The van der Waals surface area contributed by atoms with E-state index < -0.39 is 29.7 Å². The average Bonchev–Trinajstić information content (AvgIpc) is 2.65. The first kappa shape index (κ1) is 12.0. The zero-order valence-electron chi connectivity index (χ0n) is 9.29. The van der Waals surface area contributed by atoms with Gasteiger partial charge in [-0.2, -0.15) is 0 Å². The number of ether oxygens (including phenoxy) is 1. The van der Waals surface area contributed by atoms with E-state index in [1.54, 1.807) is 6.92 Å². The van der Waals surface area contributed by atoms with E-state index in [-0.39, 0.29) is 13.0 Å². The van der Waals surface area contributed by atoms with Crippen LogP contribution in [0.25, 0.3) is 0 Å². The van der Waals surface area contributed by atoms with E-state index in [2.05, 4.69) is 4.98 Å². The molecule has 7 nitrogen and oxygen atoms in total. The van der Waals surface area contributed by atoms with Gasteiger partial charge in [0.25, 0.3) is 5.56 Å². The summed E-state index contributed by atoms with van der Waals surface area (Å²) in [5, 5.41) is 18.5. The molecule has 1 saturated heterocycles. The number of aromatic amines is 1. The first-order valence-electron chi connectivity index (χ1n) is 5.29. The second-order valence-electron chi connectivity index (χ2n) is 4.09. The van der Waals surface area contributed by atoms with Crippen LogP contribution in [0.15, 0.2) is 15.8 Å². The Kier molecular flexibility index (Phi) is 3.14. The zero-order chi connectivity index (χ0) is 12.6. The summed E-state index contributed by atoms with van der Waals surface area (Å²) in [6.07, 6.45) is -0.581. The van der Waals surface area contributed by atoms with Crippen LogP contribution < -0.4 is 11.2 Å². The van der Waals surface area contributed by atoms with Crippen LogP contribution in [0.4, 0.5) is 0 Å². The van der Waals surface area contributed by atoms with E-state index in [0.717, 1.165) is 0 Å². The van der Waals surface area contributed by atoms with Crippen molar-refractivity contribution in [1.29, 1.82) is 0 Å². The second-order valence-corrected chi connectivity index (χ2v) is 4.09. The van der Waals surface area contributed by atoms with Gasteiger partial charge >= 0.3 is 5.69 Å². The van der Waals surface area contributed by atoms with Gasteiger partial charge in [-0.3, -0.25) is 14.3 Å². The van der Waals surface area contributed by atoms with Crippen LogP contribution in [0, 0.1) is 6.92 Å². The van der Waals surface area contributed by atoms with Gasteiger partial charge in [-0.15, -0.1) is 0 Å². The molecule has 1 fully saturated rings. The SMILES string of the molecule is [11CH3]c1cn(C2CC(O)C(CO)O2)c(=O)[nH]c1=O. The van der Waals surface area contributed by atoms with E-state index >= 15 is 0 Å². The van der Waals surface area contributed by atoms with Crippen molar-refractivity contribution in [1.82, 2.24) is 9.55 Å². The molecule has 3 atom stereocenters. The summed E-state index contributed by atoms with van der Waals surface area (Å²) in [4.78, 5) is 24.9. The third-order valence-electron chi connectivity index (χ3n) is 2.84. The Hall–Kier alpha value is -1.44. The minimum atomic E-state index is -0.816. The second kappa shape index (κ2) is 4.44. The third-order valence-corrected chi connectivity index (χ3v) is 2.84. The molecule has 94 valence electrons. The van der Waals surface area contributed by atoms with Crippen molar-refractivity contribution in [3.05, 3.63) is 32.6 Å². The van der Waals surface area contributed by atoms with Gasteiger partial charge < -0.3 is 14.9 Å². The molecule has 0 aliphatic carbocycles. The first-order valence-corrected chi connectivity index (χ1v) is 5.29. The molecule has 7 heteroatoms. The number of H-pyrrole nitrogens is 1. The van der Waals surface area contributed by atoms with Gasteiger partial charge in [0.15, 0.2) is 0 Å². The number of hydrogen-bond acceptors (Lipinski definition) is 5. The molecule has 1 aromatic rings. The van der Waals surface area contributed by atoms with Crippen LogP contribution in [0.3, 0.4) is 0 Å². The number of aromatic nitrogens is 2. The molecule has 0 amide bonds. The lowest BCUT2D eigenvalue weighted by Gasteiger charge is -2.14. The first-order chi connectivity index (χ1) is 8.02. The molecule has 1 aromatic heterocycles. The summed E-state index contributed by atoms with van der Waals surface area (Å²) in [6, 6.07) is 0. The molecule has 3 N–H and O–H groups in total. The zero-order valence-corrected chi connectivity index (χ0v) is 9.29. The Labute approximate surface area is 96.3 Å². The molecule has 2 heterocycles. The highest BCUT2D eigenvalue weighted by molar-refractivity contribution is 5.02. The van der Waals surface area contributed by atoms with Crippen LogP contribution in [0.1, 0.15) is 18.2 Å². The summed E-state index contributed by atoms with van der Waals surface area (Å²) >= 11 is 0. The van der Waals surface area contributed by atoms with Crippen molar-refractivity contribution in [2.75, 3.05) is 6.61 Å². The Morgan fingerprint density at radius 1 is 1.59 bits per heavy atom. The van der Waals surface area contributed by atoms with Crippen molar-refractivity contribution in [2.24, 2.45) is 0 Å². The van der Waals surface area contributed by atoms with Crippen molar-refractivity contribution in [3.8, 4) is 0 Å². The maximum Gasteiger partial charge on any atom is 0.330 e. The van der Waals surface area contributed by atoms with Gasteiger partial charge in [-0.05, 0) is 6.92 Å². The van der Waals surface area contributed by atoms with E-state index in [1.165, 1.54) is 10.8 Å². The standard InChI is InChI=1S/C10H14N2O5/c1-5-3-12(10(16)11-9(5)15)8-2-6(14)7(4-13)17-8/h3,6-8,13-14H,2,4H2,1H3,(H,11,15,16)/i1-1. The molecular weight excluding hydrogens is 227 g/mol. The fraction of sp³-hybridized carbons (Fsp3) is 0.600. The summed E-state index contributed by atoms with van der Waals surface area (Å²) in [6.45, 7) is 1.26. The highest BCUT2D eigenvalue weighted by Crippen LogP contribution is 2.27. The number of nitrogens with zero attached hydrogens (tertiary/aromatic N) is 1. The minimum Gasteiger partial charge on any atom is -0.394 e. The molecule has 0 bridgehead atoms. The Balaban J connectivity index is 2.34. The number of hydrogen-bond donors (Lipinski definition) is 3. The summed E-state index contributed by atoms with van der Waals surface area (Å²) in [5.74, 6) is 0. The molecule has 17 heavy (non-hydrogen) atoms. The molecule has 1 aliphatic rings. The van der Waals surface area contributed by atoms with Gasteiger partial charge in [0, 0.05) is 18.2 Å². The molecule has 0 aromatic carbocycles. The lowest BCUT2D eigenvalue weighted by molar-refractivity contribution is -0.0459. The van der Waals surface area contributed by atoms with Crippen LogP contribution in [0.5, 0.6) is 0 Å². The fourth-order valence-electron chi connectivity index (χ4n) is 1.85. The van der Waals surface area contributed by atoms with E-state index in [9.17, 15) is 14.7 Å². The molecular formula is C10H14N2O5. The lowest BCUT2D eigenvalue weighted by Crippen LogP contribution is -2.33. The van der Waals surface area contributed by atoms with Crippen LogP contribution in [-0.4, -0.2) is 38.6 Å². The number of nitrogens with one attached hydrogen (secondary N) is 1. The van der Waals surface area contributed by atoms with Gasteiger partial charge in [0.2, 0.25) is 0 Å². The van der Waals surface area contributed by atoms with Crippen molar-refractivity contribution in [3.63, 3.8) is 0 Å². The third kappa shape index (κ3) is 2.17. The van der Waals surface area contributed by atoms with Crippen LogP contribution >= 0.6 is 0 Å². The highest BCUT2D eigenvalue weighted by atomic mass is 16.5. The van der Waals surface area contributed by atoms with Crippen molar-refractivity contribution in [2.45, 2.75) is 31.8 Å². The van der Waals surface area contributed by atoms with Crippen LogP contribution in [0.2, 0.25) is 0 Å². The van der Waals surface area contributed by atoms with Crippen molar-refractivity contribution >= 4 is 0 Å². The van der Waals surface area contributed by atoms with Gasteiger partial charge in [0.1, 0.15) is 12.3 Å². The maximum atomic E-state index is 11.6. The van der Waals surface area contributed by atoms with Crippen molar-refractivity contribution < 1.29 is 14.9 Å². The summed E-state index contributed by atoms with van der Waals surface area (Å²) < 4.78 is 6.54. The molecule has 0 saturated carbocycles. The summed E-state index contributed by atoms with van der Waals surface area (Å²) in [7, 11) is 0. The predicted octanol–water partition coefficient (Wildman–Crippen LogP) is -1.51. The Morgan fingerprint density at radius 2 is 2.29 bits per heavy atom. The van der Waals surface area contributed by atoms with Gasteiger partial charge in [-0.1, -0.05) is 0 Å². The molecule has 1 aliphatic heterocycles. The van der Waals surface area contributed by atoms with Gasteiger partial charge in [-0.25, -0.2) is 4.79 Å². The minimum absolute atomic E-state index is 0.205. The largest absolute Gasteiger partial charge is 0.394 e. The Morgan fingerprint density at radius 3 is 2.88 bits per heavy atom. The number of aliphatic hydroxyl groups excluding tert-OH is 2. The van der Waals surface area contributed by atoms with Gasteiger partial charge in [0.05, 0.1) is 12.7 Å². The number of rotatable bonds is 2. The smallest absolute Gasteiger partial charge is 0.330 e. The number of aryl methyl sites for hydroxylation is 1. The van der Waals surface area contributed by atoms with E-state index in [1.807, 2.05) is 0 Å². The Bertz CT molecular complexity index is 520. The predicted molar refractivity (Wildman–Crippen MR) is 57.7 cm³/mol. The monoisotopic (exact) mass is 241 g/mol. The highest BCUT2D eigenvalue weighted by Gasteiger charge is 2.34. The van der Waals surface area contributed by atoms with E-state index in [4.69, 9.17) is 9.84 Å². The maximum absolute atomic E-state index is 11.6. The topological polar surface area (TPSA) is 105 Å². The normalized spacial score (nSPS) is 28.5. The molecule has 0 spiro atoms. The summed E-state index contributed by atoms with van der Waals surface area (Å²) in [5.41, 5.74) is -0.643. The molecule has 0 radical (unpaired) electrons. The van der Waals surface area contributed by atoms with E-state index in [0.29, 0.717) is 5.56 Å². The number of aliphatic hydroxyl groups is 2. The lowest BCUT2D eigenvalue weighted by atomic mass is 10.1. The van der Waals surface area contributed by atoms with Crippen LogP contribution in [-0.2, 0) is 4.74 Å². The molecule has 3 unspecified atom stereocenters. The fourth-order valence-corrected chi connectivity index (χ4v) is 1.85. The quantitative estimate of drug-likeness (QED) is 0.583. The molecule has 2 rings (SSSR count).